The monoisotopic (exact) mass is 1090 g/mol. The van der Waals surface area contributed by atoms with Crippen LogP contribution in [0.25, 0.3) is 11.0 Å². The normalized spacial score (nSPS) is 15.3. The lowest BCUT2D eigenvalue weighted by Crippen LogP contribution is -2.60. The molecule has 78 heavy (non-hydrogen) atoms. The molecule has 1 fully saturated rings. The standard InChI is InChI=1S/C49H68N14O15/c1-7-10-34(45(69)60-36(24-54-32-16-13-29(62(73)74)22-38(32)63(75)76)47(71)56-26(4)43(67)57-33(42(50)66)11-8-17-53-49(51)52)58-44(68)27(5)55-46(70)35(19-25(2)3)59-48(72)37-12-9-18-61(37)40(64)20-28-21-41(65)78-39-23-30(77-6)14-15-31(28)39/h13-16,21-23,25-27,33-37,54H,7-12,17-20,24H2,1-6H3,(H2,50,66)(H,55,70)(H,56,71)(H,57,67)(H,58,68)(H,59,72)(H,60,69)(H4,51,52,53). The number of nitrogens with two attached hydrogens (primary N) is 3. The summed E-state index contributed by atoms with van der Waals surface area (Å²) in [5.41, 5.74) is 14.4. The molecular formula is C49H68N14O15. The average molecular weight is 1090 g/mol. The van der Waals surface area contributed by atoms with Gasteiger partial charge >= 0.3 is 5.63 Å². The molecule has 0 bridgehead atoms. The molecule has 2 aromatic carbocycles. The Morgan fingerprint density at radius 3 is 2.00 bits per heavy atom. The highest BCUT2D eigenvalue weighted by molar-refractivity contribution is 5.98. The largest absolute Gasteiger partial charge is 0.497 e. The van der Waals surface area contributed by atoms with E-state index in [9.17, 15) is 63.4 Å². The Balaban J connectivity index is 1.48. The van der Waals surface area contributed by atoms with Crippen molar-refractivity contribution < 1.29 is 57.4 Å². The molecule has 7 atom stereocenters. The number of hydrogen-bond acceptors (Lipinski definition) is 17. The molecule has 0 spiro atoms. The van der Waals surface area contributed by atoms with E-state index in [1.54, 1.807) is 19.1 Å². The average Bonchev–Trinajstić information content (AvgIpc) is 3.90. The van der Waals surface area contributed by atoms with E-state index in [2.05, 4.69) is 42.2 Å². The Labute approximate surface area is 447 Å². The number of hydrogen-bond donors (Lipinski definition) is 10. The molecule has 29 heteroatoms. The third kappa shape index (κ3) is 17.9. The highest BCUT2D eigenvalue weighted by Gasteiger charge is 2.37. The van der Waals surface area contributed by atoms with Gasteiger partial charge in [0.1, 0.15) is 59.3 Å². The minimum absolute atomic E-state index is 0.0183. The summed E-state index contributed by atoms with van der Waals surface area (Å²) in [5.74, 6) is -6.30. The van der Waals surface area contributed by atoms with Crippen LogP contribution < -0.4 is 64.8 Å². The van der Waals surface area contributed by atoms with Crippen molar-refractivity contribution in [2.75, 3.05) is 32.1 Å². The lowest BCUT2D eigenvalue weighted by atomic mass is 10.0. The molecule has 7 unspecified atom stereocenters. The van der Waals surface area contributed by atoms with E-state index in [4.69, 9.17) is 26.4 Å². The van der Waals surface area contributed by atoms with E-state index in [0.29, 0.717) is 35.6 Å². The number of guanidine groups is 1. The van der Waals surface area contributed by atoms with Crippen molar-refractivity contribution in [1.29, 1.82) is 0 Å². The second kappa shape index (κ2) is 28.8. The maximum Gasteiger partial charge on any atom is 0.336 e. The van der Waals surface area contributed by atoms with Gasteiger partial charge in [-0.2, -0.15) is 0 Å². The number of nitro benzene ring substituents is 2. The highest BCUT2D eigenvalue weighted by Crippen LogP contribution is 2.29. The summed E-state index contributed by atoms with van der Waals surface area (Å²) in [6.45, 7) is 7.63. The molecule has 1 aliphatic rings. The van der Waals surface area contributed by atoms with E-state index in [0.717, 1.165) is 12.1 Å². The van der Waals surface area contributed by atoms with Gasteiger partial charge in [-0.3, -0.25) is 63.6 Å². The zero-order valence-electron chi connectivity index (χ0n) is 44.1. The maximum absolute atomic E-state index is 14.0. The predicted molar refractivity (Wildman–Crippen MR) is 282 cm³/mol. The second-order valence-electron chi connectivity index (χ2n) is 18.9. The number of aliphatic imine (C=N–C) groups is 1. The molecule has 0 radical (unpaired) electrons. The fraction of sp³-hybridized carbons (Fsp3) is 0.510. The number of nitro groups is 2. The SMILES string of the molecule is CCCC(NC(=O)C(C)NC(=O)C(CC(C)C)NC(=O)C1CCCN1C(=O)Cc1cc(=O)oc2cc(OC)ccc12)C(=O)NC(CNc1ccc([N+](=O)[O-])cc1[N+](=O)[O-])C(=O)NC(C)C(=O)NC(CCCN=C(N)N)C(N)=O. The van der Waals surface area contributed by atoms with E-state index >= 15 is 0 Å². The molecule has 0 saturated carbocycles. The number of nitrogens with zero attached hydrogens (tertiary/aromatic N) is 4. The molecule has 13 N–H and O–H groups in total. The van der Waals surface area contributed by atoms with E-state index in [1.165, 1.54) is 38.0 Å². The summed E-state index contributed by atoms with van der Waals surface area (Å²) in [4.78, 5) is 148. The number of fused-ring (bicyclic) bond motifs is 1. The molecule has 0 aliphatic carbocycles. The molecule has 1 aromatic heterocycles. The van der Waals surface area contributed by atoms with Crippen LogP contribution in [-0.2, 0) is 44.8 Å². The molecule has 424 valence electrons. The lowest BCUT2D eigenvalue weighted by molar-refractivity contribution is -0.393. The molecule has 1 saturated heterocycles. The lowest BCUT2D eigenvalue weighted by Gasteiger charge is -2.28. The zero-order valence-corrected chi connectivity index (χ0v) is 44.1. The first-order valence-electron chi connectivity index (χ1n) is 25.1. The zero-order chi connectivity index (χ0) is 58.0. The van der Waals surface area contributed by atoms with Gasteiger partial charge in [-0.05, 0) is 82.1 Å². The van der Waals surface area contributed by atoms with Crippen LogP contribution in [0.1, 0.15) is 85.1 Å². The summed E-state index contributed by atoms with van der Waals surface area (Å²) < 4.78 is 10.5. The Morgan fingerprint density at radius 2 is 1.41 bits per heavy atom. The van der Waals surface area contributed by atoms with Gasteiger partial charge in [0.2, 0.25) is 47.3 Å². The minimum Gasteiger partial charge on any atom is -0.497 e. The summed E-state index contributed by atoms with van der Waals surface area (Å²) in [6, 6.07) is -0.365. The van der Waals surface area contributed by atoms with Crippen LogP contribution in [0.5, 0.6) is 5.75 Å². The van der Waals surface area contributed by atoms with Crippen LogP contribution in [0, 0.1) is 26.1 Å². The fourth-order valence-corrected chi connectivity index (χ4v) is 8.38. The number of ether oxygens (including phenoxy) is 1. The quantitative estimate of drug-likeness (QED) is 0.0106. The first kappa shape index (κ1) is 61.6. The number of primary amides is 1. The molecule has 29 nitrogen and oxygen atoms in total. The van der Waals surface area contributed by atoms with Crippen LogP contribution in [0.3, 0.4) is 0 Å². The van der Waals surface area contributed by atoms with Crippen molar-refractivity contribution in [2.24, 2.45) is 28.1 Å². The van der Waals surface area contributed by atoms with Crippen LogP contribution in [-0.4, -0.2) is 137 Å². The Kier molecular flexibility index (Phi) is 22.8. The minimum atomic E-state index is -1.67. The topological polar surface area (TPSA) is 440 Å². The maximum atomic E-state index is 14.0. The number of amides is 8. The van der Waals surface area contributed by atoms with Crippen molar-refractivity contribution in [3.63, 3.8) is 0 Å². The van der Waals surface area contributed by atoms with Crippen LogP contribution in [0.15, 0.2) is 56.7 Å². The Bertz CT molecular complexity index is 2820. The number of benzene rings is 2. The van der Waals surface area contributed by atoms with Crippen molar-refractivity contribution in [2.45, 2.75) is 128 Å². The molecule has 2 heterocycles. The van der Waals surface area contributed by atoms with Crippen LogP contribution >= 0.6 is 0 Å². The van der Waals surface area contributed by atoms with E-state index in [1.807, 2.05) is 13.8 Å². The van der Waals surface area contributed by atoms with Gasteiger partial charge in [-0.1, -0.05) is 27.2 Å². The van der Waals surface area contributed by atoms with Gasteiger partial charge in [-0.15, -0.1) is 0 Å². The molecular weight excluding hydrogens is 1020 g/mol. The summed E-state index contributed by atoms with van der Waals surface area (Å²) in [7, 11) is 1.45. The third-order valence-corrected chi connectivity index (χ3v) is 12.4. The van der Waals surface area contributed by atoms with Gasteiger partial charge in [-0.25, -0.2) is 4.79 Å². The number of likely N-dealkylation sites (tertiary alicyclic amines) is 1. The van der Waals surface area contributed by atoms with E-state index in [-0.39, 0.29) is 74.8 Å². The van der Waals surface area contributed by atoms with E-state index < -0.39 is 123 Å². The Morgan fingerprint density at radius 1 is 0.782 bits per heavy atom. The van der Waals surface area contributed by atoms with Crippen molar-refractivity contribution >= 4 is 81.2 Å². The third-order valence-electron chi connectivity index (χ3n) is 12.4. The number of methoxy groups -OCH3 is 1. The molecule has 3 aromatic rings. The number of carbonyl (C=O) groups is 8. The number of anilines is 1. The summed E-state index contributed by atoms with van der Waals surface area (Å²) in [5, 5.41) is 41.6. The number of nitrogens with one attached hydrogen (secondary N) is 7. The predicted octanol–water partition coefficient (Wildman–Crippen LogP) is -0.403. The second-order valence-corrected chi connectivity index (χ2v) is 18.9. The van der Waals surface area contributed by atoms with Crippen LogP contribution in [0.2, 0.25) is 0 Å². The molecule has 1 aliphatic heterocycles. The molecule has 8 amide bonds. The van der Waals surface area contributed by atoms with Gasteiger partial charge in [0.15, 0.2) is 5.96 Å². The summed E-state index contributed by atoms with van der Waals surface area (Å²) in [6.07, 6.45) is 1.20. The first-order chi connectivity index (χ1) is 36.8. The highest BCUT2D eigenvalue weighted by atomic mass is 16.6. The number of carbonyl (C=O) groups excluding carboxylic acids is 8. The Hall–Kier alpha value is -8.92. The van der Waals surface area contributed by atoms with Crippen molar-refractivity contribution in [1.82, 2.24) is 36.8 Å². The number of rotatable bonds is 29. The summed E-state index contributed by atoms with van der Waals surface area (Å²) >= 11 is 0. The van der Waals surface area contributed by atoms with Gasteiger partial charge in [0, 0.05) is 43.2 Å². The first-order valence-corrected chi connectivity index (χ1v) is 25.1. The van der Waals surface area contributed by atoms with Gasteiger partial charge in [0.25, 0.3) is 11.4 Å². The van der Waals surface area contributed by atoms with Gasteiger partial charge < -0.3 is 68.5 Å². The van der Waals surface area contributed by atoms with Crippen molar-refractivity contribution in [3.05, 3.63) is 78.7 Å². The van der Waals surface area contributed by atoms with Gasteiger partial charge in [0.05, 0.1) is 29.4 Å². The number of non-ortho nitro benzene ring substituents is 1. The van der Waals surface area contributed by atoms with Crippen LogP contribution in [0.4, 0.5) is 17.1 Å². The smallest absolute Gasteiger partial charge is 0.336 e. The molecule has 4 rings (SSSR count). The van der Waals surface area contributed by atoms with Crippen molar-refractivity contribution in [3.8, 4) is 5.75 Å². The fourth-order valence-electron chi connectivity index (χ4n) is 8.38.